The maximum absolute atomic E-state index is 12.1. The van der Waals surface area contributed by atoms with E-state index in [0.717, 1.165) is 12.3 Å². The molecule has 0 spiro atoms. The van der Waals surface area contributed by atoms with Crippen molar-refractivity contribution in [3.05, 3.63) is 54.0 Å². The number of hydrogen-bond acceptors (Lipinski definition) is 5. The predicted octanol–water partition coefficient (Wildman–Crippen LogP) is 2.71. The minimum Gasteiger partial charge on any atom is -0.484 e. The molecule has 1 amide bonds. The lowest BCUT2D eigenvalue weighted by Crippen LogP contribution is -2.42. The van der Waals surface area contributed by atoms with E-state index in [1.54, 1.807) is 11.2 Å². The van der Waals surface area contributed by atoms with Gasteiger partial charge in [-0.3, -0.25) is 9.69 Å². The molecule has 1 aromatic heterocycles. The number of ether oxygens (including phenoxy) is 2. The van der Waals surface area contributed by atoms with E-state index in [1.165, 1.54) is 5.56 Å². The van der Waals surface area contributed by atoms with E-state index in [2.05, 4.69) is 18.9 Å². The van der Waals surface area contributed by atoms with Gasteiger partial charge in [-0.1, -0.05) is 12.1 Å². The molecule has 6 heteroatoms. The molecule has 1 atom stereocenters. The maximum Gasteiger partial charge on any atom is 0.260 e. The lowest BCUT2D eigenvalue weighted by atomic mass is 10.1. The fraction of sp³-hybridized carbons (Fsp3) is 0.450. The molecule has 1 aliphatic rings. The smallest absolute Gasteiger partial charge is 0.260 e. The SMILES string of the molecule is CC(c1ccco1)N(C)Cc1ccc(OCC(=O)N2CCOCC2)cc1. The summed E-state index contributed by atoms with van der Waals surface area (Å²) in [4.78, 5) is 16.1. The molecule has 0 N–H and O–H groups in total. The third-order valence-electron chi connectivity index (χ3n) is 4.70. The Morgan fingerprint density at radius 3 is 2.62 bits per heavy atom. The predicted molar refractivity (Wildman–Crippen MR) is 97.9 cm³/mol. The molecule has 6 nitrogen and oxygen atoms in total. The van der Waals surface area contributed by atoms with E-state index < -0.39 is 0 Å². The molecule has 1 saturated heterocycles. The van der Waals surface area contributed by atoms with Gasteiger partial charge in [0.15, 0.2) is 6.61 Å². The Kier molecular flexibility index (Phi) is 6.30. The van der Waals surface area contributed by atoms with Crippen LogP contribution in [0.3, 0.4) is 0 Å². The molecular weight excluding hydrogens is 332 g/mol. The quantitative estimate of drug-likeness (QED) is 0.762. The Hall–Kier alpha value is -2.31. The summed E-state index contributed by atoms with van der Waals surface area (Å²) in [5.74, 6) is 1.66. The van der Waals surface area contributed by atoms with Gasteiger partial charge in [-0.25, -0.2) is 0 Å². The fourth-order valence-electron chi connectivity index (χ4n) is 2.91. The van der Waals surface area contributed by atoms with Crippen molar-refractivity contribution in [3.63, 3.8) is 0 Å². The molecule has 2 aromatic rings. The number of carbonyl (C=O) groups excluding carboxylic acids is 1. The van der Waals surface area contributed by atoms with Gasteiger partial charge in [0.2, 0.25) is 0 Å². The van der Waals surface area contributed by atoms with Gasteiger partial charge in [-0.2, -0.15) is 0 Å². The average Bonchev–Trinajstić information content (AvgIpc) is 3.22. The molecule has 1 aromatic carbocycles. The van der Waals surface area contributed by atoms with E-state index >= 15 is 0 Å². The minimum atomic E-state index is 0.00406. The van der Waals surface area contributed by atoms with Gasteiger partial charge in [0.1, 0.15) is 11.5 Å². The topological polar surface area (TPSA) is 55.2 Å². The molecule has 0 radical (unpaired) electrons. The molecule has 3 rings (SSSR count). The first-order chi connectivity index (χ1) is 12.6. The number of benzene rings is 1. The Labute approximate surface area is 154 Å². The summed E-state index contributed by atoms with van der Waals surface area (Å²) < 4.78 is 16.4. The van der Waals surface area contributed by atoms with Crippen molar-refractivity contribution in [3.8, 4) is 5.75 Å². The van der Waals surface area contributed by atoms with Crippen LogP contribution in [-0.2, 0) is 16.1 Å². The third kappa shape index (κ3) is 4.86. The van der Waals surface area contributed by atoms with Crippen molar-refractivity contribution < 1.29 is 18.7 Å². The van der Waals surface area contributed by atoms with Crippen molar-refractivity contribution >= 4 is 5.91 Å². The number of furan rings is 1. The van der Waals surface area contributed by atoms with Crippen molar-refractivity contribution in [2.24, 2.45) is 0 Å². The van der Waals surface area contributed by atoms with Crippen molar-refractivity contribution in [2.45, 2.75) is 19.5 Å². The number of carbonyl (C=O) groups is 1. The second-order valence-electron chi connectivity index (χ2n) is 6.53. The lowest BCUT2D eigenvalue weighted by molar-refractivity contribution is -0.137. The van der Waals surface area contributed by atoms with E-state index in [4.69, 9.17) is 13.9 Å². The Bertz CT molecular complexity index is 678. The van der Waals surface area contributed by atoms with Crippen LogP contribution in [0.1, 0.15) is 24.3 Å². The van der Waals surface area contributed by atoms with Crippen LogP contribution in [0.4, 0.5) is 0 Å². The summed E-state index contributed by atoms with van der Waals surface area (Å²) in [5.41, 5.74) is 1.18. The highest BCUT2D eigenvalue weighted by Gasteiger charge is 2.17. The number of nitrogens with zero attached hydrogens (tertiary/aromatic N) is 2. The van der Waals surface area contributed by atoms with Gasteiger partial charge in [0, 0.05) is 19.6 Å². The Morgan fingerprint density at radius 1 is 1.23 bits per heavy atom. The van der Waals surface area contributed by atoms with E-state index in [-0.39, 0.29) is 18.6 Å². The number of rotatable bonds is 7. The van der Waals surface area contributed by atoms with Crippen LogP contribution < -0.4 is 4.74 Å². The summed E-state index contributed by atoms with van der Waals surface area (Å²) in [7, 11) is 2.07. The highest BCUT2D eigenvalue weighted by Crippen LogP contribution is 2.22. The lowest BCUT2D eigenvalue weighted by Gasteiger charge is -2.26. The van der Waals surface area contributed by atoms with Crippen LogP contribution in [0.2, 0.25) is 0 Å². The second-order valence-corrected chi connectivity index (χ2v) is 6.53. The maximum atomic E-state index is 12.1. The van der Waals surface area contributed by atoms with Gasteiger partial charge in [-0.05, 0) is 43.8 Å². The highest BCUT2D eigenvalue weighted by molar-refractivity contribution is 5.77. The molecule has 1 fully saturated rings. The number of hydrogen-bond donors (Lipinski definition) is 0. The van der Waals surface area contributed by atoms with E-state index in [0.29, 0.717) is 32.1 Å². The highest BCUT2D eigenvalue weighted by atomic mass is 16.5. The Balaban J connectivity index is 1.47. The van der Waals surface area contributed by atoms with Crippen LogP contribution in [0.15, 0.2) is 47.1 Å². The summed E-state index contributed by atoms with van der Waals surface area (Å²) in [6, 6.07) is 12.0. The molecule has 0 saturated carbocycles. The van der Waals surface area contributed by atoms with Crippen molar-refractivity contribution in [1.82, 2.24) is 9.80 Å². The second kappa shape index (κ2) is 8.87. The molecule has 1 unspecified atom stereocenters. The van der Waals surface area contributed by atoms with Gasteiger partial charge >= 0.3 is 0 Å². The van der Waals surface area contributed by atoms with E-state index in [1.807, 2.05) is 36.4 Å². The Morgan fingerprint density at radius 2 is 1.96 bits per heavy atom. The molecule has 0 aliphatic carbocycles. The first-order valence-corrected chi connectivity index (χ1v) is 8.94. The van der Waals surface area contributed by atoms with Crippen LogP contribution in [0.25, 0.3) is 0 Å². The monoisotopic (exact) mass is 358 g/mol. The zero-order valence-corrected chi connectivity index (χ0v) is 15.4. The first-order valence-electron chi connectivity index (χ1n) is 8.94. The summed E-state index contributed by atoms with van der Waals surface area (Å²) in [6.07, 6.45) is 1.70. The van der Waals surface area contributed by atoms with Crippen molar-refractivity contribution in [1.29, 1.82) is 0 Å². The first kappa shape index (κ1) is 18.5. The summed E-state index contributed by atoms with van der Waals surface area (Å²) in [6.45, 7) is 5.47. The van der Waals surface area contributed by atoms with Gasteiger partial charge in [0.25, 0.3) is 5.91 Å². The van der Waals surface area contributed by atoms with Gasteiger partial charge in [0.05, 0.1) is 25.5 Å². The standard InChI is InChI=1S/C20H26N2O4/c1-16(19-4-3-11-25-19)21(2)14-17-5-7-18(8-6-17)26-15-20(23)22-9-12-24-13-10-22/h3-8,11,16H,9-10,12-15H2,1-2H3. The van der Waals surface area contributed by atoms with Crippen LogP contribution in [-0.4, -0.2) is 55.7 Å². The van der Waals surface area contributed by atoms with E-state index in [9.17, 15) is 4.79 Å². The van der Waals surface area contributed by atoms with Crippen LogP contribution >= 0.6 is 0 Å². The van der Waals surface area contributed by atoms with Crippen molar-refractivity contribution in [2.75, 3.05) is 40.0 Å². The molecule has 26 heavy (non-hydrogen) atoms. The summed E-state index contributed by atoms with van der Waals surface area (Å²) in [5, 5.41) is 0. The van der Waals surface area contributed by atoms with Gasteiger partial charge in [-0.15, -0.1) is 0 Å². The number of morpholine rings is 1. The largest absolute Gasteiger partial charge is 0.484 e. The fourth-order valence-corrected chi connectivity index (χ4v) is 2.91. The molecule has 1 aliphatic heterocycles. The van der Waals surface area contributed by atoms with Crippen LogP contribution in [0.5, 0.6) is 5.75 Å². The molecule has 0 bridgehead atoms. The number of amides is 1. The van der Waals surface area contributed by atoms with Crippen LogP contribution in [0, 0.1) is 0 Å². The molecule has 2 heterocycles. The van der Waals surface area contributed by atoms with Gasteiger partial charge < -0.3 is 18.8 Å². The zero-order chi connectivity index (χ0) is 18.4. The third-order valence-corrected chi connectivity index (χ3v) is 4.70. The zero-order valence-electron chi connectivity index (χ0n) is 15.4. The molecular formula is C20H26N2O4. The minimum absolute atomic E-state index is 0.00406. The average molecular weight is 358 g/mol. The normalized spacial score (nSPS) is 15.9. The summed E-state index contributed by atoms with van der Waals surface area (Å²) >= 11 is 0. The molecule has 140 valence electrons.